The number of rotatable bonds is 5. The van der Waals surface area contributed by atoms with Crippen LogP contribution in [-0.4, -0.2) is 29.1 Å². The molecule has 1 aromatic rings. The molecule has 0 aromatic heterocycles. The van der Waals surface area contributed by atoms with E-state index in [1.165, 1.54) is 37.1 Å². The Kier molecular flexibility index (Phi) is 5.80. The van der Waals surface area contributed by atoms with Crippen LogP contribution in [0.3, 0.4) is 0 Å². The standard InChI is InChI=1S/C16H25N3S/c1-13(2)18-16(20)17-11-14-5-7-15(8-6-14)12-19-9-3-4-10-19/h5-8,13H,3-4,9-12H2,1-2H3,(H2,17,18,20). The summed E-state index contributed by atoms with van der Waals surface area (Å²) in [4.78, 5) is 2.52. The van der Waals surface area contributed by atoms with Crippen molar-refractivity contribution in [1.82, 2.24) is 15.5 Å². The van der Waals surface area contributed by atoms with Crippen molar-refractivity contribution in [3.8, 4) is 0 Å². The molecule has 0 bridgehead atoms. The van der Waals surface area contributed by atoms with Crippen molar-refractivity contribution >= 4 is 17.3 Å². The Morgan fingerprint density at radius 2 is 1.75 bits per heavy atom. The molecule has 1 fully saturated rings. The van der Waals surface area contributed by atoms with E-state index in [1.54, 1.807) is 0 Å². The molecule has 0 saturated carbocycles. The predicted octanol–water partition coefficient (Wildman–Crippen LogP) is 2.65. The van der Waals surface area contributed by atoms with Crippen LogP contribution in [0.4, 0.5) is 0 Å². The quantitative estimate of drug-likeness (QED) is 0.816. The zero-order chi connectivity index (χ0) is 14.4. The monoisotopic (exact) mass is 291 g/mol. The Bertz CT molecular complexity index is 422. The average molecular weight is 291 g/mol. The highest BCUT2D eigenvalue weighted by molar-refractivity contribution is 7.80. The van der Waals surface area contributed by atoms with Crippen LogP contribution >= 0.6 is 12.2 Å². The van der Waals surface area contributed by atoms with Gasteiger partial charge in [-0.2, -0.15) is 0 Å². The molecule has 3 nitrogen and oxygen atoms in total. The van der Waals surface area contributed by atoms with Crippen molar-refractivity contribution in [2.75, 3.05) is 13.1 Å². The van der Waals surface area contributed by atoms with Crippen LogP contribution in [0.1, 0.15) is 37.8 Å². The maximum absolute atomic E-state index is 5.22. The Balaban J connectivity index is 1.77. The van der Waals surface area contributed by atoms with Crippen LogP contribution in [-0.2, 0) is 13.1 Å². The van der Waals surface area contributed by atoms with Crippen molar-refractivity contribution in [2.24, 2.45) is 0 Å². The summed E-state index contributed by atoms with van der Waals surface area (Å²) in [6, 6.07) is 9.22. The molecule has 0 radical (unpaired) electrons. The minimum Gasteiger partial charge on any atom is -0.361 e. The number of hydrogen-bond acceptors (Lipinski definition) is 2. The third kappa shape index (κ3) is 5.10. The first-order valence-corrected chi connectivity index (χ1v) is 7.89. The molecule has 0 atom stereocenters. The zero-order valence-electron chi connectivity index (χ0n) is 12.5. The normalized spacial score (nSPS) is 15.6. The van der Waals surface area contributed by atoms with Crippen molar-refractivity contribution < 1.29 is 0 Å². The summed E-state index contributed by atoms with van der Waals surface area (Å²) < 4.78 is 0. The second-order valence-electron chi connectivity index (χ2n) is 5.78. The van der Waals surface area contributed by atoms with E-state index in [2.05, 4.69) is 53.6 Å². The van der Waals surface area contributed by atoms with E-state index in [0.29, 0.717) is 6.04 Å². The van der Waals surface area contributed by atoms with Crippen LogP contribution in [0.15, 0.2) is 24.3 Å². The third-order valence-corrected chi connectivity index (χ3v) is 3.76. The van der Waals surface area contributed by atoms with Crippen molar-refractivity contribution in [3.63, 3.8) is 0 Å². The summed E-state index contributed by atoms with van der Waals surface area (Å²) in [6.07, 6.45) is 2.70. The van der Waals surface area contributed by atoms with Gasteiger partial charge in [0.1, 0.15) is 0 Å². The Hall–Kier alpha value is -1.13. The van der Waals surface area contributed by atoms with Gasteiger partial charge in [0.25, 0.3) is 0 Å². The summed E-state index contributed by atoms with van der Waals surface area (Å²) in [5, 5.41) is 7.14. The van der Waals surface area contributed by atoms with Gasteiger partial charge in [0.2, 0.25) is 0 Å². The van der Waals surface area contributed by atoms with E-state index in [4.69, 9.17) is 12.2 Å². The maximum Gasteiger partial charge on any atom is 0.166 e. The van der Waals surface area contributed by atoms with E-state index in [1.807, 2.05) is 0 Å². The second-order valence-corrected chi connectivity index (χ2v) is 6.19. The maximum atomic E-state index is 5.22. The lowest BCUT2D eigenvalue weighted by atomic mass is 10.1. The van der Waals surface area contributed by atoms with Crippen LogP contribution in [0.25, 0.3) is 0 Å². The Morgan fingerprint density at radius 1 is 1.15 bits per heavy atom. The minimum atomic E-state index is 0.373. The highest BCUT2D eigenvalue weighted by Crippen LogP contribution is 2.13. The van der Waals surface area contributed by atoms with Gasteiger partial charge in [-0.15, -0.1) is 0 Å². The topological polar surface area (TPSA) is 27.3 Å². The van der Waals surface area contributed by atoms with Gasteiger partial charge in [0, 0.05) is 19.1 Å². The van der Waals surface area contributed by atoms with Crippen molar-refractivity contribution in [1.29, 1.82) is 0 Å². The first-order chi connectivity index (χ1) is 9.63. The molecule has 1 aliphatic heterocycles. The molecule has 0 amide bonds. The first-order valence-electron chi connectivity index (χ1n) is 7.48. The summed E-state index contributed by atoms with van der Waals surface area (Å²) in [5.41, 5.74) is 2.67. The Labute approximate surface area is 127 Å². The second kappa shape index (κ2) is 7.60. The molecule has 1 aromatic carbocycles. The molecule has 2 N–H and O–H groups in total. The van der Waals surface area contributed by atoms with Crippen LogP contribution in [0.5, 0.6) is 0 Å². The van der Waals surface area contributed by atoms with Crippen LogP contribution in [0, 0.1) is 0 Å². The van der Waals surface area contributed by atoms with Gasteiger partial charge in [0.05, 0.1) is 0 Å². The fourth-order valence-electron chi connectivity index (χ4n) is 2.46. The van der Waals surface area contributed by atoms with E-state index >= 15 is 0 Å². The fraction of sp³-hybridized carbons (Fsp3) is 0.562. The summed E-state index contributed by atoms with van der Waals surface area (Å²) in [7, 11) is 0. The van der Waals surface area contributed by atoms with E-state index in [9.17, 15) is 0 Å². The third-order valence-electron chi connectivity index (χ3n) is 3.50. The van der Waals surface area contributed by atoms with Crippen LogP contribution in [0.2, 0.25) is 0 Å². The summed E-state index contributed by atoms with van der Waals surface area (Å²) >= 11 is 5.22. The fourth-order valence-corrected chi connectivity index (χ4v) is 2.76. The molecule has 1 saturated heterocycles. The smallest absolute Gasteiger partial charge is 0.166 e. The van der Waals surface area contributed by atoms with Gasteiger partial charge in [-0.05, 0) is 63.1 Å². The van der Waals surface area contributed by atoms with E-state index < -0.39 is 0 Å². The van der Waals surface area contributed by atoms with Gasteiger partial charge < -0.3 is 10.6 Å². The first kappa shape index (κ1) is 15.3. The number of thiocarbonyl (C=S) groups is 1. The molecule has 4 heteroatoms. The van der Waals surface area contributed by atoms with Crippen molar-refractivity contribution in [2.45, 2.75) is 45.8 Å². The molecule has 1 heterocycles. The molecular weight excluding hydrogens is 266 g/mol. The molecule has 20 heavy (non-hydrogen) atoms. The van der Waals surface area contributed by atoms with Gasteiger partial charge >= 0.3 is 0 Å². The zero-order valence-corrected chi connectivity index (χ0v) is 13.3. The van der Waals surface area contributed by atoms with Crippen LogP contribution < -0.4 is 10.6 Å². The van der Waals surface area contributed by atoms with Gasteiger partial charge in [0.15, 0.2) is 5.11 Å². The minimum absolute atomic E-state index is 0.373. The molecule has 1 aliphatic rings. The lowest BCUT2D eigenvalue weighted by molar-refractivity contribution is 0.331. The molecular formula is C16H25N3S. The van der Waals surface area contributed by atoms with Gasteiger partial charge in [-0.25, -0.2) is 0 Å². The number of benzene rings is 1. The summed E-state index contributed by atoms with van der Waals surface area (Å²) in [6.45, 7) is 8.53. The molecule has 2 rings (SSSR count). The average Bonchev–Trinajstić information content (AvgIpc) is 2.90. The lowest BCUT2D eigenvalue weighted by Gasteiger charge is -2.15. The number of nitrogens with zero attached hydrogens (tertiary/aromatic N) is 1. The highest BCUT2D eigenvalue weighted by Gasteiger charge is 2.11. The molecule has 0 aliphatic carbocycles. The van der Waals surface area contributed by atoms with Gasteiger partial charge in [-0.3, -0.25) is 4.90 Å². The highest BCUT2D eigenvalue weighted by atomic mass is 32.1. The number of likely N-dealkylation sites (tertiary alicyclic amines) is 1. The molecule has 0 unspecified atom stereocenters. The lowest BCUT2D eigenvalue weighted by Crippen LogP contribution is -2.38. The SMILES string of the molecule is CC(C)NC(=S)NCc1ccc(CN2CCCC2)cc1. The van der Waals surface area contributed by atoms with Gasteiger partial charge in [-0.1, -0.05) is 24.3 Å². The molecule has 0 spiro atoms. The Morgan fingerprint density at radius 3 is 2.35 bits per heavy atom. The number of nitrogens with one attached hydrogen (secondary N) is 2. The molecule has 110 valence electrons. The predicted molar refractivity (Wildman–Crippen MR) is 88.7 cm³/mol. The van der Waals surface area contributed by atoms with E-state index in [0.717, 1.165) is 18.2 Å². The van der Waals surface area contributed by atoms with Crippen molar-refractivity contribution in [3.05, 3.63) is 35.4 Å². The number of hydrogen-bond donors (Lipinski definition) is 2. The largest absolute Gasteiger partial charge is 0.361 e. The summed E-state index contributed by atoms with van der Waals surface area (Å²) in [5.74, 6) is 0. The van der Waals surface area contributed by atoms with E-state index in [-0.39, 0.29) is 0 Å².